The Morgan fingerprint density at radius 3 is 2.35 bits per heavy atom. The molecule has 0 saturated carbocycles. The van der Waals surface area contributed by atoms with Crippen molar-refractivity contribution >= 4 is 45.5 Å². The van der Waals surface area contributed by atoms with E-state index >= 15 is 0 Å². The number of nitrogens with zero attached hydrogens (tertiary/aromatic N) is 3. The summed E-state index contributed by atoms with van der Waals surface area (Å²) in [4.78, 5) is 9.72. The molecule has 1 aliphatic heterocycles. The first-order valence-corrected chi connectivity index (χ1v) is 12.0. The van der Waals surface area contributed by atoms with Gasteiger partial charge in [0.25, 0.3) is 0 Å². The fourth-order valence-electron chi connectivity index (χ4n) is 3.42. The van der Waals surface area contributed by atoms with E-state index in [-0.39, 0.29) is 24.0 Å². The minimum absolute atomic E-state index is 0. The van der Waals surface area contributed by atoms with Gasteiger partial charge in [-0.15, -0.1) is 24.0 Å². The number of benzene rings is 2. The molecule has 1 saturated heterocycles. The molecule has 7 nitrogen and oxygen atoms in total. The van der Waals surface area contributed by atoms with E-state index in [1.165, 1.54) is 11.9 Å². The molecule has 0 radical (unpaired) electrons. The molecule has 0 atom stereocenters. The van der Waals surface area contributed by atoms with Crippen molar-refractivity contribution in [2.75, 3.05) is 51.0 Å². The molecule has 170 valence electrons. The number of piperazine rings is 1. The van der Waals surface area contributed by atoms with Crippen LogP contribution in [0.1, 0.15) is 12.5 Å². The summed E-state index contributed by atoms with van der Waals surface area (Å²) in [6.07, 6.45) is 1.22. The van der Waals surface area contributed by atoms with Gasteiger partial charge < -0.3 is 19.9 Å². The molecule has 0 unspecified atom stereocenters. The van der Waals surface area contributed by atoms with Gasteiger partial charge in [0.2, 0.25) is 0 Å². The lowest BCUT2D eigenvalue weighted by Crippen LogP contribution is -2.52. The third kappa shape index (κ3) is 6.99. The van der Waals surface area contributed by atoms with Crippen molar-refractivity contribution in [1.82, 2.24) is 10.2 Å². The minimum atomic E-state index is -3.18. The zero-order valence-electron chi connectivity index (χ0n) is 18.2. The van der Waals surface area contributed by atoms with Crippen LogP contribution in [0.25, 0.3) is 0 Å². The molecule has 0 spiro atoms. The fraction of sp³-hybridized carbons (Fsp3) is 0.409. The van der Waals surface area contributed by atoms with Crippen molar-refractivity contribution < 1.29 is 13.2 Å². The topological polar surface area (TPSA) is 74.2 Å². The molecule has 1 N–H and O–H groups in total. The highest BCUT2D eigenvalue weighted by atomic mass is 127. The SMILES string of the molecule is CCNC(=NCc1ccc(S(C)(=O)=O)cc1)N1CCN(c2cccc(OC)c2)CC1.I. The van der Waals surface area contributed by atoms with Gasteiger partial charge in [-0.2, -0.15) is 0 Å². The van der Waals surface area contributed by atoms with Crippen molar-refractivity contribution in [3.05, 3.63) is 54.1 Å². The molecule has 2 aromatic rings. The van der Waals surface area contributed by atoms with Crippen molar-refractivity contribution in [1.29, 1.82) is 0 Å². The number of ether oxygens (including phenoxy) is 1. The van der Waals surface area contributed by atoms with Gasteiger partial charge in [0, 0.05) is 50.7 Å². The number of sulfone groups is 1. The zero-order chi connectivity index (χ0) is 21.6. The first kappa shape index (κ1) is 25.3. The molecule has 1 heterocycles. The van der Waals surface area contributed by atoms with Gasteiger partial charge in [0.05, 0.1) is 18.6 Å². The Labute approximate surface area is 202 Å². The number of nitrogens with one attached hydrogen (secondary N) is 1. The van der Waals surface area contributed by atoms with Crippen LogP contribution in [0.15, 0.2) is 58.4 Å². The van der Waals surface area contributed by atoms with Gasteiger partial charge >= 0.3 is 0 Å². The van der Waals surface area contributed by atoms with E-state index in [4.69, 9.17) is 9.73 Å². The van der Waals surface area contributed by atoms with Crippen LogP contribution in [-0.4, -0.2) is 65.4 Å². The van der Waals surface area contributed by atoms with Crippen LogP contribution in [0.4, 0.5) is 5.69 Å². The highest BCUT2D eigenvalue weighted by Gasteiger charge is 2.20. The lowest BCUT2D eigenvalue weighted by atomic mass is 10.2. The van der Waals surface area contributed by atoms with E-state index in [0.29, 0.717) is 11.4 Å². The van der Waals surface area contributed by atoms with E-state index in [2.05, 4.69) is 34.2 Å². The maximum absolute atomic E-state index is 11.6. The molecule has 1 fully saturated rings. The number of aliphatic imine (C=N–C) groups is 1. The van der Waals surface area contributed by atoms with E-state index in [1.54, 1.807) is 19.2 Å². The van der Waals surface area contributed by atoms with Gasteiger partial charge in [-0.3, -0.25) is 0 Å². The summed E-state index contributed by atoms with van der Waals surface area (Å²) >= 11 is 0. The predicted octanol–water partition coefficient (Wildman–Crippen LogP) is 3.00. The summed E-state index contributed by atoms with van der Waals surface area (Å²) in [6.45, 7) is 6.90. The number of hydrogen-bond donors (Lipinski definition) is 1. The third-order valence-corrected chi connectivity index (χ3v) is 6.22. The van der Waals surface area contributed by atoms with Crippen LogP contribution < -0.4 is 15.0 Å². The van der Waals surface area contributed by atoms with Gasteiger partial charge in [0.15, 0.2) is 15.8 Å². The van der Waals surface area contributed by atoms with E-state index in [9.17, 15) is 8.42 Å². The zero-order valence-corrected chi connectivity index (χ0v) is 21.4. The first-order valence-electron chi connectivity index (χ1n) is 10.1. The van der Waals surface area contributed by atoms with Crippen LogP contribution in [0.3, 0.4) is 0 Å². The summed E-state index contributed by atoms with van der Waals surface area (Å²) in [5, 5.41) is 3.37. The van der Waals surface area contributed by atoms with Crippen molar-refractivity contribution in [3.8, 4) is 5.75 Å². The summed E-state index contributed by atoms with van der Waals surface area (Å²) < 4.78 is 28.6. The van der Waals surface area contributed by atoms with Gasteiger partial charge in [-0.25, -0.2) is 13.4 Å². The predicted molar refractivity (Wildman–Crippen MR) is 137 cm³/mol. The summed E-state index contributed by atoms with van der Waals surface area (Å²) in [5.74, 6) is 1.75. The quantitative estimate of drug-likeness (QED) is 0.334. The molecule has 0 aromatic heterocycles. The molecule has 2 aromatic carbocycles. The Morgan fingerprint density at radius 1 is 1.10 bits per heavy atom. The Bertz CT molecular complexity index is 973. The molecule has 0 bridgehead atoms. The third-order valence-electron chi connectivity index (χ3n) is 5.10. The average Bonchev–Trinajstić information content (AvgIpc) is 2.76. The second-order valence-electron chi connectivity index (χ2n) is 7.26. The fourth-order valence-corrected chi connectivity index (χ4v) is 4.05. The second kappa shape index (κ2) is 11.6. The Kier molecular flexibility index (Phi) is 9.42. The highest BCUT2D eigenvalue weighted by molar-refractivity contribution is 14.0. The molecule has 0 amide bonds. The lowest BCUT2D eigenvalue weighted by Gasteiger charge is -2.37. The Balaban J connectivity index is 0.00000341. The normalized spacial score (nSPS) is 14.7. The number of hydrogen-bond acceptors (Lipinski definition) is 5. The van der Waals surface area contributed by atoms with Crippen molar-refractivity contribution in [2.24, 2.45) is 4.99 Å². The molecule has 1 aliphatic rings. The van der Waals surface area contributed by atoms with E-state index in [0.717, 1.165) is 50.0 Å². The molecule has 9 heteroatoms. The van der Waals surface area contributed by atoms with E-state index in [1.807, 2.05) is 24.3 Å². The monoisotopic (exact) mass is 558 g/mol. The molecular weight excluding hydrogens is 527 g/mol. The Hall–Kier alpha value is -2.01. The van der Waals surface area contributed by atoms with Gasteiger partial charge in [-0.1, -0.05) is 18.2 Å². The summed E-state index contributed by atoms with van der Waals surface area (Å²) in [6, 6.07) is 15.1. The maximum atomic E-state index is 11.6. The number of rotatable bonds is 6. The number of methoxy groups -OCH3 is 1. The maximum Gasteiger partial charge on any atom is 0.194 e. The summed E-state index contributed by atoms with van der Waals surface area (Å²) in [5.41, 5.74) is 2.15. The minimum Gasteiger partial charge on any atom is -0.497 e. The summed E-state index contributed by atoms with van der Waals surface area (Å²) in [7, 11) is -1.49. The second-order valence-corrected chi connectivity index (χ2v) is 9.28. The van der Waals surface area contributed by atoms with Crippen molar-refractivity contribution in [3.63, 3.8) is 0 Å². The number of guanidine groups is 1. The highest BCUT2D eigenvalue weighted by Crippen LogP contribution is 2.22. The smallest absolute Gasteiger partial charge is 0.194 e. The lowest BCUT2D eigenvalue weighted by molar-refractivity contribution is 0.372. The van der Waals surface area contributed by atoms with Gasteiger partial charge in [-0.05, 0) is 36.8 Å². The van der Waals surface area contributed by atoms with Crippen LogP contribution >= 0.6 is 24.0 Å². The van der Waals surface area contributed by atoms with Crippen LogP contribution in [0, 0.1) is 0 Å². The average molecular weight is 558 g/mol. The molecule has 3 rings (SSSR count). The van der Waals surface area contributed by atoms with Crippen LogP contribution in [-0.2, 0) is 16.4 Å². The largest absolute Gasteiger partial charge is 0.497 e. The van der Waals surface area contributed by atoms with Crippen LogP contribution in [0.2, 0.25) is 0 Å². The molecule has 0 aliphatic carbocycles. The Morgan fingerprint density at radius 2 is 1.77 bits per heavy atom. The molecule has 31 heavy (non-hydrogen) atoms. The molecular formula is C22H31IN4O3S. The first-order chi connectivity index (χ1) is 14.4. The van der Waals surface area contributed by atoms with Gasteiger partial charge in [0.1, 0.15) is 5.75 Å². The standard InChI is InChI=1S/C22H30N4O3S.HI/c1-4-23-22(24-17-18-8-10-21(11-9-18)30(3,27)28)26-14-12-25(13-15-26)19-6-5-7-20(16-19)29-2;/h5-11,16H,4,12-15,17H2,1-3H3,(H,23,24);1H. The number of halogens is 1. The van der Waals surface area contributed by atoms with Crippen LogP contribution in [0.5, 0.6) is 5.75 Å². The van der Waals surface area contributed by atoms with Crippen molar-refractivity contribution in [2.45, 2.75) is 18.4 Å². The van der Waals surface area contributed by atoms with E-state index < -0.39 is 9.84 Å². The number of anilines is 1.